The molecule has 2 rings (SSSR count). The number of hydrogen-bond acceptors (Lipinski definition) is 3. The van der Waals surface area contributed by atoms with Gasteiger partial charge in [0.25, 0.3) is 0 Å². The minimum atomic E-state index is 0.0585. The summed E-state index contributed by atoms with van der Waals surface area (Å²) in [5.74, 6) is 0.952. The van der Waals surface area contributed by atoms with Crippen LogP contribution < -0.4 is 10.1 Å². The zero-order valence-corrected chi connectivity index (χ0v) is 11.0. The molecule has 0 aromatic heterocycles. The topological polar surface area (TPSA) is 41.6 Å². The van der Waals surface area contributed by atoms with Gasteiger partial charge in [0.1, 0.15) is 5.75 Å². The number of nitrogens with one attached hydrogen (secondary N) is 1. The minimum absolute atomic E-state index is 0.0585. The van der Waals surface area contributed by atoms with E-state index in [0.29, 0.717) is 6.04 Å². The summed E-state index contributed by atoms with van der Waals surface area (Å²) >= 11 is 0. The number of likely N-dealkylation sites (tertiary alicyclic amines) is 1. The number of nitrogens with zero attached hydrogens (tertiary/aromatic N) is 1. The molecule has 1 N–H and O–H groups in total. The van der Waals surface area contributed by atoms with Crippen LogP contribution in [0.5, 0.6) is 5.75 Å². The Bertz CT molecular complexity index is 420. The monoisotopic (exact) mass is 248 g/mol. The molecule has 0 saturated carbocycles. The maximum atomic E-state index is 11.0. The first-order valence-corrected chi connectivity index (χ1v) is 6.30. The highest BCUT2D eigenvalue weighted by Crippen LogP contribution is 2.17. The molecule has 1 atom stereocenters. The number of methoxy groups -OCH3 is 1. The van der Waals surface area contributed by atoms with E-state index < -0.39 is 0 Å². The fraction of sp³-hybridized carbons (Fsp3) is 0.500. The molecule has 0 spiro atoms. The summed E-state index contributed by atoms with van der Waals surface area (Å²) in [5.41, 5.74) is 1.25. The Kier molecular flexibility index (Phi) is 4.20. The first kappa shape index (κ1) is 12.9. The minimum Gasteiger partial charge on any atom is -0.497 e. The summed E-state index contributed by atoms with van der Waals surface area (Å²) in [6.07, 6.45) is 1.03. The van der Waals surface area contributed by atoms with E-state index in [0.717, 1.165) is 31.8 Å². The van der Waals surface area contributed by atoms with E-state index in [2.05, 4.69) is 22.3 Å². The van der Waals surface area contributed by atoms with E-state index >= 15 is 0 Å². The molecule has 18 heavy (non-hydrogen) atoms. The molecule has 1 unspecified atom stereocenters. The van der Waals surface area contributed by atoms with Crippen LogP contribution in [0.2, 0.25) is 0 Å². The lowest BCUT2D eigenvalue weighted by Gasteiger charge is -2.16. The van der Waals surface area contributed by atoms with Crippen molar-refractivity contribution in [2.45, 2.75) is 25.9 Å². The average Bonchev–Trinajstić information content (AvgIpc) is 2.76. The smallest absolute Gasteiger partial charge is 0.217 e. The van der Waals surface area contributed by atoms with E-state index in [4.69, 9.17) is 4.74 Å². The van der Waals surface area contributed by atoms with Crippen molar-refractivity contribution in [2.24, 2.45) is 0 Å². The number of ether oxygens (including phenoxy) is 1. The van der Waals surface area contributed by atoms with Crippen molar-refractivity contribution in [3.63, 3.8) is 0 Å². The van der Waals surface area contributed by atoms with Gasteiger partial charge in [-0.15, -0.1) is 0 Å². The molecule has 0 radical (unpaired) electrons. The van der Waals surface area contributed by atoms with Gasteiger partial charge in [0.05, 0.1) is 7.11 Å². The summed E-state index contributed by atoms with van der Waals surface area (Å²) in [4.78, 5) is 13.4. The third kappa shape index (κ3) is 3.47. The van der Waals surface area contributed by atoms with Crippen LogP contribution in [-0.4, -0.2) is 37.0 Å². The molecular weight excluding hydrogens is 228 g/mol. The lowest BCUT2D eigenvalue weighted by atomic mass is 10.2. The van der Waals surface area contributed by atoms with Crippen LogP contribution in [-0.2, 0) is 11.3 Å². The van der Waals surface area contributed by atoms with Gasteiger partial charge in [-0.2, -0.15) is 0 Å². The molecule has 1 aliphatic rings. The van der Waals surface area contributed by atoms with Crippen molar-refractivity contribution in [3.05, 3.63) is 29.8 Å². The molecule has 98 valence electrons. The van der Waals surface area contributed by atoms with Gasteiger partial charge >= 0.3 is 0 Å². The quantitative estimate of drug-likeness (QED) is 0.876. The Morgan fingerprint density at radius 2 is 2.39 bits per heavy atom. The van der Waals surface area contributed by atoms with Crippen LogP contribution in [0.15, 0.2) is 24.3 Å². The Labute approximate surface area is 108 Å². The van der Waals surface area contributed by atoms with Gasteiger partial charge in [-0.05, 0) is 24.1 Å². The van der Waals surface area contributed by atoms with Crippen molar-refractivity contribution in [2.75, 3.05) is 20.2 Å². The maximum Gasteiger partial charge on any atom is 0.217 e. The SMILES string of the molecule is COc1cccc(CN2CCC(NC(C)=O)C2)c1. The largest absolute Gasteiger partial charge is 0.497 e. The van der Waals surface area contributed by atoms with Crippen molar-refractivity contribution in [3.8, 4) is 5.75 Å². The fourth-order valence-corrected chi connectivity index (χ4v) is 2.41. The Hall–Kier alpha value is -1.55. The maximum absolute atomic E-state index is 11.0. The van der Waals surface area contributed by atoms with E-state index in [9.17, 15) is 4.79 Å². The predicted molar refractivity (Wildman–Crippen MR) is 70.5 cm³/mol. The summed E-state index contributed by atoms with van der Waals surface area (Å²) in [6, 6.07) is 8.43. The molecule has 1 aromatic carbocycles. The first-order chi connectivity index (χ1) is 8.67. The molecule has 1 saturated heterocycles. The highest BCUT2D eigenvalue weighted by atomic mass is 16.5. The molecule has 1 amide bonds. The number of hydrogen-bond donors (Lipinski definition) is 1. The third-order valence-electron chi connectivity index (χ3n) is 3.22. The second-order valence-corrected chi connectivity index (χ2v) is 4.77. The second-order valence-electron chi connectivity index (χ2n) is 4.77. The number of rotatable bonds is 4. The van der Waals surface area contributed by atoms with Crippen LogP contribution in [0.4, 0.5) is 0 Å². The van der Waals surface area contributed by atoms with Crippen LogP contribution in [0.25, 0.3) is 0 Å². The van der Waals surface area contributed by atoms with Gasteiger partial charge in [-0.25, -0.2) is 0 Å². The van der Waals surface area contributed by atoms with Gasteiger partial charge in [0, 0.05) is 32.6 Å². The van der Waals surface area contributed by atoms with Crippen LogP contribution >= 0.6 is 0 Å². The molecule has 1 fully saturated rings. The van der Waals surface area contributed by atoms with Gasteiger partial charge in [-0.1, -0.05) is 12.1 Å². The van der Waals surface area contributed by atoms with Gasteiger partial charge in [-0.3, -0.25) is 9.69 Å². The summed E-state index contributed by atoms with van der Waals surface area (Å²) in [7, 11) is 1.68. The predicted octanol–water partition coefficient (Wildman–Crippen LogP) is 1.41. The number of carbonyl (C=O) groups is 1. The van der Waals surface area contributed by atoms with E-state index in [1.54, 1.807) is 14.0 Å². The first-order valence-electron chi connectivity index (χ1n) is 6.30. The standard InChI is InChI=1S/C14H20N2O2/c1-11(17)15-13-6-7-16(10-13)9-12-4-3-5-14(8-12)18-2/h3-5,8,13H,6-7,9-10H2,1-2H3,(H,15,17). The molecule has 4 nitrogen and oxygen atoms in total. The normalized spacial score (nSPS) is 19.8. The molecular formula is C14H20N2O2. The zero-order chi connectivity index (χ0) is 13.0. The summed E-state index contributed by atoms with van der Waals surface area (Å²) < 4.78 is 5.22. The van der Waals surface area contributed by atoms with Gasteiger partial charge in [0.15, 0.2) is 0 Å². The van der Waals surface area contributed by atoms with Crippen LogP contribution in [0.3, 0.4) is 0 Å². The molecule has 1 aromatic rings. The summed E-state index contributed by atoms with van der Waals surface area (Å²) in [5, 5.41) is 2.97. The fourth-order valence-electron chi connectivity index (χ4n) is 2.41. The van der Waals surface area contributed by atoms with E-state index in [-0.39, 0.29) is 5.91 Å². The lowest BCUT2D eigenvalue weighted by molar-refractivity contribution is -0.119. The molecule has 1 aliphatic heterocycles. The zero-order valence-electron chi connectivity index (χ0n) is 11.0. The average molecular weight is 248 g/mol. The van der Waals surface area contributed by atoms with Crippen molar-refractivity contribution >= 4 is 5.91 Å². The van der Waals surface area contributed by atoms with E-state index in [1.807, 2.05) is 12.1 Å². The van der Waals surface area contributed by atoms with Crippen LogP contribution in [0, 0.1) is 0 Å². The Morgan fingerprint density at radius 1 is 1.56 bits per heavy atom. The van der Waals surface area contributed by atoms with E-state index in [1.165, 1.54) is 5.56 Å². The molecule has 4 heteroatoms. The molecule has 0 aliphatic carbocycles. The second kappa shape index (κ2) is 5.87. The van der Waals surface area contributed by atoms with Crippen LogP contribution in [0.1, 0.15) is 18.9 Å². The number of amides is 1. The number of benzene rings is 1. The van der Waals surface area contributed by atoms with Crippen molar-refractivity contribution < 1.29 is 9.53 Å². The summed E-state index contributed by atoms with van der Waals surface area (Å²) in [6.45, 7) is 4.44. The molecule has 1 heterocycles. The number of carbonyl (C=O) groups excluding carboxylic acids is 1. The highest BCUT2D eigenvalue weighted by Gasteiger charge is 2.22. The Morgan fingerprint density at radius 3 is 3.11 bits per heavy atom. The van der Waals surface area contributed by atoms with Gasteiger partial charge < -0.3 is 10.1 Å². The lowest BCUT2D eigenvalue weighted by Crippen LogP contribution is -2.35. The third-order valence-corrected chi connectivity index (χ3v) is 3.22. The molecule has 0 bridgehead atoms. The highest BCUT2D eigenvalue weighted by molar-refractivity contribution is 5.73. The Balaban J connectivity index is 1.88. The van der Waals surface area contributed by atoms with Gasteiger partial charge in [0.2, 0.25) is 5.91 Å². The van der Waals surface area contributed by atoms with Crippen molar-refractivity contribution in [1.82, 2.24) is 10.2 Å². The van der Waals surface area contributed by atoms with Crippen molar-refractivity contribution in [1.29, 1.82) is 0 Å².